The van der Waals surface area contributed by atoms with Crippen LogP contribution in [0.2, 0.25) is 0 Å². The molecule has 0 saturated carbocycles. The molecule has 0 atom stereocenters. The van der Waals surface area contributed by atoms with Gasteiger partial charge in [0.25, 0.3) is 0 Å². The number of hydrogen-bond acceptors (Lipinski definition) is 4. The summed E-state index contributed by atoms with van der Waals surface area (Å²) in [4.78, 5) is 12.3. The fourth-order valence-corrected chi connectivity index (χ4v) is 3.55. The van der Waals surface area contributed by atoms with E-state index >= 15 is 0 Å². The predicted molar refractivity (Wildman–Crippen MR) is 87.9 cm³/mol. The lowest BCUT2D eigenvalue weighted by atomic mass is 10.1. The highest BCUT2D eigenvalue weighted by Gasteiger charge is 2.16. The molecule has 0 saturated heterocycles. The molecule has 124 valence electrons. The molecule has 1 amide bonds. The lowest BCUT2D eigenvalue weighted by Crippen LogP contribution is -2.30. The Bertz CT molecular complexity index is 795. The molecule has 0 aliphatic rings. The van der Waals surface area contributed by atoms with Gasteiger partial charge in [-0.2, -0.15) is 5.10 Å². The van der Waals surface area contributed by atoms with Gasteiger partial charge in [-0.25, -0.2) is 8.42 Å². The number of nitrogens with one attached hydrogen (secondary N) is 1. The number of sulfone groups is 1. The van der Waals surface area contributed by atoms with Gasteiger partial charge in [0.1, 0.15) is 0 Å². The van der Waals surface area contributed by atoms with E-state index in [2.05, 4.69) is 10.4 Å². The molecule has 0 unspecified atom stereocenters. The first-order valence-corrected chi connectivity index (χ1v) is 9.00. The number of aromatic nitrogens is 2. The Labute approximate surface area is 136 Å². The molecule has 7 heteroatoms. The zero-order valence-electron chi connectivity index (χ0n) is 13.5. The molecule has 0 aliphatic carbocycles. The largest absolute Gasteiger partial charge is 0.355 e. The summed E-state index contributed by atoms with van der Waals surface area (Å²) in [6.07, 6.45) is 0.205. The van der Waals surface area contributed by atoms with E-state index in [-0.39, 0.29) is 29.5 Å². The molecule has 6 nitrogen and oxygen atoms in total. The third kappa shape index (κ3) is 4.19. The molecular formula is C16H21N3O3S. The Hall–Kier alpha value is -2.15. The molecule has 0 aliphatic heterocycles. The molecule has 0 bridgehead atoms. The monoisotopic (exact) mass is 335 g/mol. The first-order valence-electron chi connectivity index (χ1n) is 7.35. The second-order valence-corrected chi connectivity index (χ2v) is 7.54. The van der Waals surface area contributed by atoms with Crippen molar-refractivity contribution in [2.45, 2.75) is 25.2 Å². The van der Waals surface area contributed by atoms with E-state index in [1.165, 1.54) is 0 Å². The summed E-state index contributed by atoms with van der Waals surface area (Å²) in [7, 11) is -1.54. The lowest BCUT2D eigenvalue weighted by molar-refractivity contribution is -0.120. The van der Waals surface area contributed by atoms with Gasteiger partial charge < -0.3 is 5.32 Å². The van der Waals surface area contributed by atoms with E-state index < -0.39 is 9.84 Å². The molecule has 1 aromatic heterocycles. The van der Waals surface area contributed by atoms with Crippen LogP contribution in [-0.2, 0) is 28.1 Å². The third-order valence-corrected chi connectivity index (χ3v) is 5.52. The molecule has 0 spiro atoms. The summed E-state index contributed by atoms with van der Waals surface area (Å²) in [6.45, 7) is 3.85. The van der Waals surface area contributed by atoms with Crippen molar-refractivity contribution in [2.75, 3.05) is 12.3 Å². The van der Waals surface area contributed by atoms with E-state index in [0.717, 1.165) is 17.0 Å². The minimum atomic E-state index is -3.37. The second-order valence-electron chi connectivity index (χ2n) is 5.43. The van der Waals surface area contributed by atoms with Gasteiger partial charge in [0.05, 0.1) is 22.8 Å². The van der Waals surface area contributed by atoms with Gasteiger partial charge >= 0.3 is 0 Å². The van der Waals surface area contributed by atoms with E-state index in [0.29, 0.717) is 0 Å². The standard InChI is InChI=1S/C16H21N3O3S/c1-12-15(13(2)19(3)18-12)11-16(20)17-9-10-23(21,22)14-7-5-4-6-8-14/h4-8H,9-11H2,1-3H3,(H,17,20). The van der Waals surface area contributed by atoms with Crippen LogP contribution >= 0.6 is 0 Å². The van der Waals surface area contributed by atoms with Gasteiger partial charge in [-0.1, -0.05) is 18.2 Å². The van der Waals surface area contributed by atoms with Crippen LogP contribution in [0.5, 0.6) is 0 Å². The smallest absolute Gasteiger partial charge is 0.224 e. The number of carbonyl (C=O) groups is 1. The quantitative estimate of drug-likeness (QED) is 0.859. The molecule has 1 N–H and O–H groups in total. The predicted octanol–water partition coefficient (Wildman–Crippen LogP) is 1.17. The Morgan fingerprint density at radius 2 is 1.87 bits per heavy atom. The number of nitrogens with zero attached hydrogens (tertiary/aromatic N) is 2. The maximum absolute atomic E-state index is 12.1. The topological polar surface area (TPSA) is 81.1 Å². The summed E-state index contributed by atoms with van der Waals surface area (Å²) >= 11 is 0. The van der Waals surface area contributed by atoms with Crippen molar-refractivity contribution in [1.82, 2.24) is 15.1 Å². The molecule has 0 fully saturated rings. The highest BCUT2D eigenvalue weighted by Crippen LogP contribution is 2.12. The summed E-state index contributed by atoms with van der Waals surface area (Å²) in [6, 6.07) is 8.23. The second kappa shape index (κ2) is 6.95. The van der Waals surface area contributed by atoms with Crippen molar-refractivity contribution in [3.63, 3.8) is 0 Å². The Morgan fingerprint density at radius 1 is 1.22 bits per heavy atom. The molecular weight excluding hydrogens is 314 g/mol. The number of hydrogen-bond donors (Lipinski definition) is 1. The van der Waals surface area contributed by atoms with Crippen LogP contribution in [0.25, 0.3) is 0 Å². The number of amides is 1. The first kappa shape index (κ1) is 17.2. The molecule has 1 aromatic carbocycles. The third-order valence-electron chi connectivity index (χ3n) is 3.79. The van der Waals surface area contributed by atoms with E-state index in [1.807, 2.05) is 20.9 Å². The van der Waals surface area contributed by atoms with Crippen LogP contribution in [0.1, 0.15) is 17.0 Å². The van der Waals surface area contributed by atoms with Crippen LogP contribution in [-0.4, -0.2) is 36.4 Å². The van der Waals surface area contributed by atoms with Crippen LogP contribution in [0.4, 0.5) is 0 Å². The maximum Gasteiger partial charge on any atom is 0.224 e. The summed E-state index contributed by atoms with van der Waals surface area (Å²) < 4.78 is 26.0. The van der Waals surface area contributed by atoms with Gasteiger partial charge in [-0.15, -0.1) is 0 Å². The minimum absolute atomic E-state index is 0.0917. The molecule has 0 radical (unpaired) electrons. The van der Waals surface area contributed by atoms with Gasteiger partial charge in [0.2, 0.25) is 5.91 Å². The van der Waals surface area contributed by atoms with Crippen molar-refractivity contribution in [2.24, 2.45) is 7.05 Å². The Kier molecular flexibility index (Phi) is 5.20. The summed E-state index contributed by atoms with van der Waals surface area (Å²) in [5.74, 6) is -0.319. The molecule has 23 heavy (non-hydrogen) atoms. The summed E-state index contributed by atoms with van der Waals surface area (Å²) in [5, 5.41) is 6.93. The first-order chi connectivity index (χ1) is 10.8. The van der Waals surface area contributed by atoms with Crippen molar-refractivity contribution in [3.05, 3.63) is 47.3 Å². The zero-order valence-corrected chi connectivity index (χ0v) is 14.4. The van der Waals surface area contributed by atoms with E-state index in [4.69, 9.17) is 0 Å². The fourth-order valence-electron chi connectivity index (χ4n) is 2.37. The fraction of sp³-hybridized carbons (Fsp3) is 0.375. The van der Waals surface area contributed by atoms with E-state index in [1.54, 1.807) is 35.0 Å². The summed E-state index contributed by atoms with van der Waals surface area (Å²) in [5.41, 5.74) is 2.64. The number of rotatable bonds is 6. The molecule has 2 aromatic rings. The number of benzene rings is 1. The SMILES string of the molecule is Cc1nn(C)c(C)c1CC(=O)NCCS(=O)(=O)c1ccccc1. The Balaban J connectivity index is 1.90. The zero-order chi connectivity index (χ0) is 17.0. The van der Waals surface area contributed by atoms with Crippen molar-refractivity contribution < 1.29 is 13.2 Å². The average molecular weight is 335 g/mol. The van der Waals surface area contributed by atoms with Crippen LogP contribution < -0.4 is 5.32 Å². The highest BCUT2D eigenvalue weighted by atomic mass is 32.2. The van der Waals surface area contributed by atoms with Gasteiger partial charge in [0.15, 0.2) is 9.84 Å². The lowest BCUT2D eigenvalue weighted by Gasteiger charge is -2.07. The normalized spacial score (nSPS) is 11.4. The van der Waals surface area contributed by atoms with Crippen molar-refractivity contribution in [3.8, 4) is 0 Å². The van der Waals surface area contributed by atoms with Crippen molar-refractivity contribution in [1.29, 1.82) is 0 Å². The minimum Gasteiger partial charge on any atom is -0.355 e. The van der Waals surface area contributed by atoms with Gasteiger partial charge in [-0.05, 0) is 26.0 Å². The number of aryl methyl sites for hydroxylation is 2. The number of carbonyl (C=O) groups excluding carboxylic acids is 1. The Morgan fingerprint density at radius 3 is 2.43 bits per heavy atom. The van der Waals surface area contributed by atoms with E-state index in [9.17, 15) is 13.2 Å². The van der Waals surface area contributed by atoms with Crippen LogP contribution in [0, 0.1) is 13.8 Å². The van der Waals surface area contributed by atoms with Crippen LogP contribution in [0.15, 0.2) is 35.2 Å². The van der Waals surface area contributed by atoms with Gasteiger partial charge in [-0.3, -0.25) is 9.48 Å². The molecule has 1 heterocycles. The van der Waals surface area contributed by atoms with Crippen molar-refractivity contribution >= 4 is 15.7 Å². The maximum atomic E-state index is 12.1. The highest BCUT2D eigenvalue weighted by molar-refractivity contribution is 7.91. The van der Waals surface area contributed by atoms with Crippen LogP contribution in [0.3, 0.4) is 0 Å². The average Bonchev–Trinajstić information content (AvgIpc) is 2.74. The van der Waals surface area contributed by atoms with Gasteiger partial charge in [0, 0.05) is 24.8 Å². The molecule has 2 rings (SSSR count).